The highest BCUT2D eigenvalue weighted by atomic mass is 16.5. The number of esters is 2. The molecular formula is C11H14N2O4. The Labute approximate surface area is 98.9 Å². The standard InChI is InChI=1S/C11H14N2O4/c1-3-17-9(14)7-13-10-8(11(15)16-2)5-4-6-12-10/h4-6H,3,7H2,1-2H3,(H,12,13). The minimum Gasteiger partial charge on any atom is -0.465 e. The molecule has 0 atom stereocenters. The molecule has 1 aromatic heterocycles. The van der Waals surface area contributed by atoms with E-state index in [4.69, 9.17) is 4.74 Å². The van der Waals surface area contributed by atoms with Crippen LogP contribution in [-0.4, -0.2) is 37.2 Å². The van der Waals surface area contributed by atoms with Crippen LogP contribution in [0.25, 0.3) is 0 Å². The molecule has 0 aliphatic rings. The first-order valence-corrected chi connectivity index (χ1v) is 5.11. The molecule has 1 aromatic rings. The Kier molecular flexibility index (Phi) is 4.93. The molecule has 0 radical (unpaired) electrons. The number of hydrogen-bond donors (Lipinski definition) is 1. The Bertz CT molecular complexity index is 406. The van der Waals surface area contributed by atoms with Crippen LogP contribution in [0.15, 0.2) is 18.3 Å². The van der Waals surface area contributed by atoms with Crippen LogP contribution in [-0.2, 0) is 14.3 Å². The van der Waals surface area contributed by atoms with Crippen LogP contribution in [0.2, 0.25) is 0 Å². The quantitative estimate of drug-likeness (QED) is 0.766. The van der Waals surface area contributed by atoms with E-state index in [-0.39, 0.29) is 12.1 Å². The molecule has 0 aliphatic heterocycles. The van der Waals surface area contributed by atoms with E-state index in [1.54, 1.807) is 19.1 Å². The first kappa shape index (κ1) is 13.0. The zero-order chi connectivity index (χ0) is 12.7. The number of hydrogen-bond acceptors (Lipinski definition) is 6. The van der Waals surface area contributed by atoms with Gasteiger partial charge in [0, 0.05) is 6.20 Å². The van der Waals surface area contributed by atoms with Gasteiger partial charge in [-0.3, -0.25) is 4.79 Å². The predicted molar refractivity (Wildman–Crippen MR) is 60.7 cm³/mol. The number of pyridine rings is 1. The molecule has 6 nitrogen and oxygen atoms in total. The zero-order valence-electron chi connectivity index (χ0n) is 9.73. The maximum Gasteiger partial charge on any atom is 0.341 e. The van der Waals surface area contributed by atoms with E-state index in [1.165, 1.54) is 13.3 Å². The van der Waals surface area contributed by atoms with E-state index >= 15 is 0 Å². The first-order chi connectivity index (χ1) is 8.19. The van der Waals surface area contributed by atoms with E-state index in [2.05, 4.69) is 15.0 Å². The second kappa shape index (κ2) is 6.47. The van der Waals surface area contributed by atoms with Gasteiger partial charge in [-0.25, -0.2) is 9.78 Å². The fraction of sp³-hybridized carbons (Fsp3) is 0.364. The summed E-state index contributed by atoms with van der Waals surface area (Å²) in [7, 11) is 1.28. The number of carbonyl (C=O) groups is 2. The number of ether oxygens (including phenoxy) is 2. The first-order valence-electron chi connectivity index (χ1n) is 5.11. The summed E-state index contributed by atoms with van der Waals surface area (Å²) in [4.78, 5) is 26.5. The molecule has 0 bridgehead atoms. The van der Waals surface area contributed by atoms with Gasteiger partial charge in [0.15, 0.2) is 0 Å². The second-order valence-electron chi connectivity index (χ2n) is 3.05. The Hall–Kier alpha value is -2.11. The van der Waals surface area contributed by atoms with Crippen molar-refractivity contribution >= 4 is 17.8 Å². The summed E-state index contributed by atoms with van der Waals surface area (Å²) in [6.07, 6.45) is 1.51. The van der Waals surface area contributed by atoms with Crippen molar-refractivity contribution < 1.29 is 19.1 Å². The van der Waals surface area contributed by atoms with Crippen molar-refractivity contribution in [2.45, 2.75) is 6.92 Å². The summed E-state index contributed by atoms with van der Waals surface area (Å²) in [5, 5.41) is 2.73. The summed E-state index contributed by atoms with van der Waals surface area (Å²) in [6, 6.07) is 3.17. The van der Waals surface area contributed by atoms with Gasteiger partial charge in [-0.1, -0.05) is 0 Å². The number of nitrogens with one attached hydrogen (secondary N) is 1. The van der Waals surface area contributed by atoms with Crippen molar-refractivity contribution in [2.75, 3.05) is 25.6 Å². The van der Waals surface area contributed by atoms with E-state index in [0.717, 1.165) is 0 Å². The summed E-state index contributed by atoms with van der Waals surface area (Å²) >= 11 is 0. The van der Waals surface area contributed by atoms with E-state index in [0.29, 0.717) is 12.4 Å². The van der Waals surface area contributed by atoms with Gasteiger partial charge in [0.05, 0.1) is 13.7 Å². The van der Waals surface area contributed by atoms with E-state index in [1.807, 2.05) is 0 Å². The van der Waals surface area contributed by atoms with Gasteiger partial charge in [-0.15, -0.1) is 0 Å². The maximum atomic E-state index is 11.4. The van der Waals surface area contributed by atoms with E-state index < -0.39 is 11.9 Å². The normalized spacial score (nSPS) is 9.53. The summed E-state index contributed by atoms with van der Waals surface area (Å²) < 4.78 is 9.34. The smallest absolute Gasteiger partial charge is 0.341 e. The van der Waals surface area contributed by atoms with Crippen LogP contribution in [0.1, 0.15) is 17.3 Å². The molecule has 1 heterocycles. The fourth-order valence-electron chi connectivity index (χ4n) is 1.19. The molecule has 0 aromatic carbocycles. The van der Waals surface area contributed by atoms with E-state index in [9.17, 15) is 9.59 Å². The molecule has 17 heavy (non-hydrogen) atoms. The minimum atomic E-state index is -0.510. The topological polar surface area (TPSA) is 77.5 Å². The van der Waals surface area contributed by atoms with Crippen molar-refractivity contribution in [1.82, 2.24) is 4.98 Å². The largest absolute Gasteiger partial charge is 0.465 e. The Morgan fingerprint density at radius 2 is 2.24 bits per heavy atom. The molecule has 1 rings (SSSR count). The van der Waals surface area contributed by atoms with Crippen molar-refractivity contribution in [1.29, 1.82) is 0 Å². The fourth-order valence-corrected chi connectivity index (χ4v) is 1.19. The van der Waals surface area contributed by atoms with Crippen LogP contribution in [0.5, 0.6) is 0 Å². The molecule has 0 fully saturated rings. The number of anilines is 1. The van der Waals surface area contributed by atoms with Gasteiger partial charge in [0.2, 0.25) is 0 Å². The summed E-state index contributed by atoms with van der Waals surface area (Å²) in [5.74, 6) is -0.620. The molecule has 0 unspecified atom stereocenters. The molecule has 6 heteroatoms. The Balaban J connectivity index is 2.70. The number of methoxy groups -OCH3 is 1. The Morgan fingerprint density at radius 3 is 2.88 bits per heavy atom. The van der Waals surface area contributed by atoms with Crippen LogP contribution < -0.4 is 5.32 Å². The average molecular weight is 238 g/mol. The monoisotopic (exact) mass is 238 g/mol. The summed E-state index contributed by atoms with van der Waals surface area (Å²) in [5.41, 5.74) is 0.277. The van der Waals surface area contributed by atoms with Crippen molar-refractivity contribution in [3.63, 3.8) is 0 Å². The average Bonchev–Trinajstić information content (AvgIpc) is 2.36. The predicted octanol–water partition coefficient (Wildman–Crippen LogP) is 0.843. The molecule has 0 saturated carbocycles. The van der Waals surface area contributed by atoms with Gasteiger partial charge < -0.3 is 14.8 Å². The molecule has 0 aliphatic carbocycles. The van der Waals surface area contributed by atoms with Crippen LogP contribution >= 0.6 is 0 Å². The SMILES string of the molecule is CCOC(=O)CNc1ncccc1C(=O)OC. The van der Waals surface area contributed by atoms with Gasteiger partial charge in [0.1, 0.15) is 17.9 Å². The van der Waals surface area contributed by atoms with Crippen molar-refractivity contribution in [2.24, 2.45) is 0 Å². The lowest BCUT2D eigenvalue weighted by molar-refractivity contribution is -0.140. The number of nitrogens with zero attached hydrogens (tertiary/aromatic N) is 1. The van der Waals surface area contributed by atoms with Crippen molar-refractivity contribution in [3.05, 3.63) is 23.9 Å². The lowest BCUT2D eigenvalue weighted by Crippen LogP contribution is -2.19. The second-order valence-corrected chi connectivity index (χ2v) is 3.05. The maximum absolute atomic E-state index is 11.4. The Morgan fingerprint density at radius 1 is 1.47 bits per heavy atom. The third-order valence-corrected chi connectivity index (χ3v) is 1.92. The van der Waals surface area contributed by atoms with Crippen LogP contribution in [0.3, 0.4) is 0 Å². The highest BCUT2D eigenvalue weighted by molar-refractivity contribution is 5.94. The van der Waals surface area contributed by atoms with Crippen molar-refractivity contribution in [3.8, 4) is 0 Å². The number of aromatic nitrogens is 1. The third kappa shape index (κ3) is 3.75. The van der Waals surface area contributed by atoms with Gasteiger partial charge >= 0.3 is 11.9 Å². The van der Waals surface area contributed by atoms with Gasteiger partial charge in [0.25, 0.3) is 0 Å². The van der Waals surface area contributed by atoms with Crippen LogP contribution in [0.4, 0.5) is 5.82 Å². The molecule has 92 valence electrons. The molecular weight excluding hydrogens is 224 g/mol. The van der Waals surface area contributed by atoms with Gasteiger partial charge in [-0.05, 0) is 19.1 Å². The van der Waals surface area contributed by atoms with Crippen LogP contribution in [0, 0.1) is 0 Å². The molecule has 0 spiro atoms. The lowest BCUT2D eigenvalue weighted by atomic mass is 10.2. The number of rotatable bonds is 5. The molecule has 1 N–H and O–H groups in total. The zero-order valence-corrected chi connectivity index (χ0v) is 9.73. The number of carbonyl (C=O) groups excluding carboxylic acids is 2. The minimum absolute atomic E-state index is 0.0468. The summed E-state index contributed by atoms with van der Waals surface area (Å²) in [6.45, 7) is 1.99. The molecule has 0 saturated heterocycles. The molecule has 0 amide bonds. The van der Waals surface area contributed by atoms with Gasteiger partial charge in [-0.2, -0.15) is 0 Å². The highest BCUT2D eigenvalue weighted by Crippen LogP contribution is 2.12. The lowest BCUT2D eigenvalue weighted by Gasteiger charge is -2.08. The third-order valence-electron chi connectivity index (χ3n) is 1.92. The highest BCUT2D eigenvalue weighted by Gasteiger charge is 2.13.